The summed E-state index contributed by atoms with van der Waals surface area (Å²) in [6.45, 7) is 3.76. The summed E-state index contributed by atoms with van der Waals surface area (Å²) in [5.41, 5.74) is 1.72. The highest BCUT2D eigenvalue weighted by Gasteiger charge is 2.33. The van der Waals surface area contributed by atoms with Crippen molar-refractivity contribution in [1.29, 1.82) is 0 Å². The van der Waals surface area contributed by atoms with Crippen LogP contribution in [0.5, 0.6) is 11.5 Å². The molecule has 1 N–H and O–H groups in total. The number of carbonyl (C=O) groups is 1. The average molecular weight is 510 g/mol. The Morgan fingerprint density at radius 1 is 1.25 bits per heavy atom. The van der Waals surface area contributed by atoms with Gasteiger partial charge in [0.25, 0.3) is 5.91 Å². The summed E-state index contributed by atoms with van der Waals surface area (Å²) in [5, 5.41) is 6.17. The molecule has 1 amide bonds. The van der Waals surface area contributed by atoms with Crippen molar-refractivity contribution in [3.8, 4) is 11.5 Å². The van der Waals surface area contributed by atoms with E-state index in [4.69, 9.17) is 14.5 Å². The standard InChI is InChI=1S/C24H27N7O4S/c1-34-21-19(35-15-17(29-33)14-30-9-11-36-12-10-30)5-4-18-20(21)27-24(31-8-7-26-22(18)31)28-23(32)16-3-2-6-25-13-16/h2-6,13,17H,7-12,14-15H2,1H3,(H,27,28,32). The first-order chi connectivity index (χ1) is 17.7. The van der Waals surface area contributed by atoms with E-state index >= 15 is 0 Å². The maximum atomic E-state index is 12.8. The summed E-state index contributed by atoms with van der Waals surface area (Å²) < 4.78 is 11.7. The van der Waals surface area contributed by atoms with Crippen molar-refractivity contribution in [2.24, 2.45) is 15.2 Å². The Bertz CT molecular complexity index is 1180. The number of benzene rings is 1. The molecule has 5 rings (SSSR count). The van der Waals surface area contributed by atoms with Gasteiger partial charge >= 0.3 is 0 Å². The summed E-state index contributed by atoms with van der Waals surface area (Å²) in [7, 11) is 1.54. The largest absolute Gasteiger partial charge is 0.491 e. The van der Waals surface area contributed by atoms with Gasteiger partial charge in [0, 0.05) is 55.6 Å². The van der Waals surface area contributed by atoms with Crippen molar-refractivity contribution in [3.63, 3.8) is 0 Å². The van der Waals surface area contributed by atoms with E-state index in [0.29, 0.717) is 54.2 Å². The lowest BCUT2D eigenvalue weighted by Crippen LogP contribution is -2.47. The molecule has 1 aromatic carbocycles. The Labute approximate surface area is 213 Å². The summed E-state index contributed by atoms with van der Waals surface area (Å²) in [5.74, 6) is 3.73. The number of amidine groups is 1. The molecule has 0 spiro atoms. The highest BCUT2D eigenvalue weighted by molar-refractivity contribution is 7.99. The van der Waals surface area contributed by atoms with Gasteiger partial charge in [-0.2, -0.15) is 16.7 Å². The van der Waals surface area contributed by atoms with Crippen LogP contribution in [-0.4, -0.2) is 96.5 Å². The zero-order valence-electron chi connectivity index (χ0n) is 19.9. The van der Waals surface area contributed by atoms with Gasteiger partial charge in [0.1, 0.15) is 24.2 Å². The normalized spacial score (nSPS) is 17.9. The van der Waals surface area contributed by atoms with E-state index in [9.17, 15) is 9.70 Å². The number of hydrogen-bond donors (Lipinski definition) is 1. The molecule has 36 heavy (non-hydrogen) atoms. The van der Waals surface area contributed by atoms with Crippen LogP contribution < -0.4 is 14.8 Å². The number of fused-ring (bicyclic) bond motifs is 3. The molecule has 188 valence electrons. The fourth-order valence-corrected chi connectivity index (χ4v) is 5.33. The first-order valence-corrected chi connectivity index (χ1v) is 12.9. The lowest BCUT2D eigenvalue weighted by molar-refractivity contribution is 0.0973. The zero-order valence-corrected chi connectivity index (χ0v) is 20.7. The molecule has 3 aliphatic heterocycles. The topological polar surface area (TPSA) is 121 Å². The van der Waals surface area contributed by atoms with Crippen LogP contribution in [0, 0.1) is 4.91 Å². The van der Waals surface area contributed by atoms with Crippen LogP contribution in [0.3, 0.4) is 0 Å². The van der Waals surface area contributed by atoms with Crippen molar-refractivity contribution >= 4 is 35.2 Å². The monoisotopic (exact) mass is 509 g/mol. The van der Waals surface area contributed by atoms with Gasteiger partial charge in [0.2, 0.25) is 5.96 Å². The highest BCUT2D eigenvalue weighted by atomic mass is 32.2. The average Bonchev–Trinajstić information content (AvgIpc) is 3.42. The third-order valence-electron chi connectivity index (χ3n) is 6.16. The SMILES string of the molecule is COc1c(OCC(CN2CCSCC2)N=O)ccc2c1N=C(NC(=O)c1cccnc1)N1CCN=C21. The summed E-state index contributed by atoms with van der Waals surface area (Å²) >= 11 is 1.92. The number of hydrogen-bond acceptors (Lipinski definition) is 11. The van der Waals surface area contributed by atoms with Gasteiger partial charge in [-0.3, -0.25) is 29.9 Å². The Kier molecular flexibility index (Phi) is 7.42. The van der Waals surface area contributed by atoms with E-state index in [0.717, 1.165) is 30.2 Å². The number of amides is 1. The lowest BCUT2D eigenvalue weighted by atomic mass is 10.1. The van der Waals surface area contributed by atoms with Crippen LogP contribution in [-0.2, 0) is 0 Å². The van der Waals surface area contributed by atoms with Crippen molar-refractivity contribution in [2.45, 2.75) is 6.04 Å². The molecule has 1 fully saturated rings. The number of thioether (sulfide) groups is 1. The number of aromatic nitrogens is 1. The molecular formula is C24H27N7O4S. The third kappa shape index (κ3) is 5.05. The Morgan fingerprint density at radius 2 is 2.11 bits per heavy atom. The fourth-order valence-electron chi connectivity index (χ4n) is 4.36. The second kappa shape index (κ2) is 11.0. The van der Waals surface area contributed by atoms with Gasteiger partial charge in [0.05, 0.1) is 19.2 Å². The number of carbonyl (C=O) groups excluding carboxylic acids is 1. The van der Waals surface area contributed by atoms with Crippen LogP contribution in [0.4, 0.5) is 5.69 Å². The van der Waals surface area contributed by atoms with Crippen molar-refractivity contribution < 1.29 is 14.3 Å². The van der Waals surface area contributed by atoms with Crippen LogP contribution >= 0.6 is 11.8 Å². The maximum Gasteiger partial charge on any atom is 0.259 e. The number of guanidine groups is 1. The Morgan fingerprint density at radius 3 is 2.86 bits per heavy atom. The number of ether oxygens (including phenoxy) is 2. The Hall–Kier alpha value is -3.51. The predicted octanol–water partition coefficient (Wildman–Crippen LogP) is 2.15. The minimum atomic E-state index is -0.499. The molecule has 12 heteroatoms. The smallest absolute Gasteiger partial charge is 0.259 e. The van der Waals surface area contributed by atoms with Gasteiger partial charge in [-0.1, -0.05) is 5.18 Å². The van der Waals surface area contributed by atoms with Crippen molar-refractivity contribution in [1.82, 2.24) is 20.1 Å². The number of pyridine rings is 1. The van der Waals surface area contributed by atoms with Gasteiger partial charge in [0.15, 0.2) is 11.5 Å². The van der Waals surface area contributed by atoms with Gasteiger partial charge in [-0.15, -0.1) is 0 Å². The number of methoxy groups -OCH3 is 1. The van der Waals surface area contributed by atoms with Gasteiger partial charge in [-0.05, 0) is 24.3 Å². The van der Waals surface area contributed by atoms with E-state index in [2.05, 4.69) is 25.4 Å². The third-order valence-corrected chi connectivity index (χ3v) is 7.10. The van der Waals surface area contributed by atoms with E-state index in [1.54, 1.807) is 24.4 Å². The summed E-state index contributed by atoms with van der Waals surface area (Å²) in [4.78, 5) is 41.8. The highest BCUT2D eigenvalue weighted by Crippen LogP contribution is 2.43. The molecule has 0 radical (unpaired) electrons. The second-order valence-electron chi connectivity index (χ2n) is 8.46. The molecule has 1 atom stereocenters. The number of nitrogens with one attached hydrogen (secondary N) is 1. The number of aliphatic imine (C=N–C) groups is 2. The van der Waals surface area contributed by atoms with Crippen molar-refractivity contribution in [2.75, 3.05) is 57.9 Å². The molecule has 4 heterocycles. The minimum absolute atomic E-state index is 0.129. The molecule has 0 aliphatic carbocycles. The lowest BCUT2D eigenvalue weighted by Gasteiger charge is -2.29. The van der Waals surface area contributed by atoms with E-state index in [1.807, 2.05) is 22.7 Å². The first kappa shape index (κ1) is 24.2. The predicted molar refractivity (Wildman–Crippen MR) is 139 cm³/mol. The van der Waals surface area contributed by atoms with Gasteiger partial charge in [-0.25, -0.2) is 4.99 Å². The molecule has 2 aromatic rings. The molecular weight excluding hydrogens is 482 g/mol. The molecule has 1 aromatic heterocycles. The zero-order chi connectivity index (χ0) is 24.9. The van der Waals surface area contributed by atoms with Crippen LogP contribution in [0.1, 0.15) is 15.9 Å². The number of nitrogens with zero attached hydrogens (tertiary/aromatic N) is 6. The van der Waals surface area contributed by atoms with E-state index in [1.165, 1.54) is 13.3 Å². The quantitative estimate of drug-likeness (QED) is 0.538. The molecule has 0 bridgehead atoms. The van der Waals surface area contributed by atoms with Crippen molar-refractivity contribution in [3.05, 3.63) is 52.7 Å². The van der Waals surface area contributed by atoms with E-state index < -0.39 is 6.04 Å². The van der Waals surface area contributed by atoms with Crippen LogP contribution in [0.15, 0.2) is 51.8 Å². The molecule has 3 aliphatic rings. The maximum absolute atomic E-state index is 12.8. The van der Waals surface area contributed by atoms with E-state index in [-0.39, 0.29) is 12.5 Å². The summed E-state index contributed by atoms with van der Waals surface area (Å²) in [6.07, 6.45) is 3.11. The first-order valence-electron chi connectivity index (χ1n) is 11.8. The van der Waals surface area contributed by atoms with Crippen LogP contribution in [0.25, 0.3) is 0 Å². The molecule has 0 saturated carbocycles. The minimum Gasteiger partial charge on any atom is -0.491 e. The number of rotatable bonds is 8. The number of nitroso groups, excluding NO2 is 1. The molecule has 1 saturated heterocycles. The Balaban J connectivity index is 1.38. The molecule has 1 unspecified atom stereocenters. The summed E-state index contributed by atoms with van der Waals surface area (Å²) in [6, 6.07) is 6.56. The fraction of sp³-hybridized carbons (Fsp3) is 0.417. The van der Waals surface area contributed by atoms with Gasteiger partial charge < -0.3 is 9.47 Å². The molecule has 11 nitrogen and oxygen atoms in total. The van der Waals surface area contributed by atoms with Crippen LogP contribution in [0.2, 0.25) is 0 Å². The second-order valence-corrected chi connectivity index (χ2v) is 9.69.